The van der Waals surface area contributed by atoms with Gasteiger partial charge >= 0.3 is 0 Å². The summed E-state index contributed by atoms with van der Waals surface area (Å²) in [7, 11) is 0. The van der Waals surface area contributed by atoms with Gasteiger partial charge in [0.25, 0.3) is 5.91 Å². The Morgan fingerprint density at radius 1 is 1.00 bits per heavy atom. The van der Waals surface area contributed by atoms with Crippen molar-refractivity contribution in [3.05, 3.63) is 83.3 Å². The Kier molecular flexibility index (Phi) is 5.31. The third kappa shape index (κ3) is 4.60. The second-order valence-corrected chi connectivity index (χ2v) is 5.63. The maximum atomic E-state index is 12.1. The van der Waals surface area contributed by atoms with Gasteiger partial charge in [-0.1, -0.05) is 30.3 Å². The first kappa shape index (κ1) is 16.6. The minimum absolute atomic E-state index is 0.262. The molecule has 0 aliphatic heterocycles. The topological polar surface area (TPSA) is 79.8 Å². The lowest BCUT2D eigenvalue weighted by Crippen LogP contribution is -2.24. The van der Waals surface area contributed by atoms with E-state index < -0.39 is 0 Å². The van der Waals surface area contributed by atoms with Crippen molar-refractivity contribution in [2.45, 2.75) is 20.0 Å². The van der Waals surface area contributed by atoms with Crippen molar-refractivity contribution in [1.82, 2.24) is 20.5 Å². The number of aryl methyl sites for hydroxylation is 1. The maximum Gasteiger partial charge on any atom is 0.272 e. The molecule has 3 aromatic rings. The van der Waals surface area contributed by atoms with E-state index in [1.807, 2.05) is 24.3 Å². The lowest BCUT2D eigenvalue weighted by atomic mass is 10.1. The van der Waals surface area contributed by atoms with Gasteiger partial charge in [-0.15, -0.1) is 10.2 Å². The molecule has 0 radical (unpaired) electrons. The predicted molar refractivity (Wildman–Crippen MR) is 95.9 cm³/mol. The summed E-state index contributed by atoms with van der Waals surface area (Å²) in [4.78, 5) is 16.1. The van der Waals surface area contributed by atoms with Crippen LogP contribution in [0.5, 0.6) is 0 Å². The Bertz CT molecular complexity index is 834. The van der Waals surface area contributed by atoms with Gasteiger partial charge in [0.1, 0.15) is 5.82 Å². The Hall–Kier alpha value is -3.28. The van der Waals surface area contributed by atoms with E-state index in [9.17, 15) is 4.79 Å². The zero-order valence-electron chi connectivity index (χ0n) is 13.9. The van der Waals surface area contributed by atoms with Crippen LogP contribution in [-0.4, -0.2) is 21.1 Å². The van der Waals surface area contributed by atoms with Crippen molar-refractivity contribution >= 4 is 11.7 Å². The van der Waals surface area contributed by atoms with Gasteiger partial charge in [0.15, 0.2) is 5.69 Å². The van der Waals surface area contributed by atoms with Gasteiger partial charge < -0.3 is 10.6 Å². The van der Waals surface area contributed by atoms with Gasteiger partial charge in [0.2, 0.25) is 0 Å². The fraction of sp³-hybridized carbons (Fsp3) is 0.158. The Morgan fingerprint density at radius 3 is 2.60 bits per heavy atom. The first-order valence-corrected chi connectivity index (χ1v) is 8.01. The molecular formula is C19H19N5O. The summed E-state index contributed by atoms with van der Waals surface area (Å²) < 4.78 is 0. The van der Waals surface area contributed by atoms with E-state index in [0.29, 0.717) is 18.9 Å². The number of aromatic nitrogens is 3. The number of benzene rings is 1. The van der Waals surface area contributed by atoms with Crippen molar-refractivity contribution in [3.63, 3.8) is 0 Å². The fourth-order valence-corrected chi connectivity index (χ4v) is 2.32. The van der Waals surface area contributed by atoms with Gasteiger partial charge in [-0.25, -0.2) is 0 Å². The highest BCUT2D eigenvalue weighted by Crippen LogP contribution is 2.10. The standard InChI is InChI=1S/C19H19N5O/c1-14-5-2-3-7-16(14)13-21-18-9-8-17(23-24-18)19(25)22-12-15-6-4-10-20-11-15/h2-11H,12-13H2,1H3,(H,21,24)(H,22,25). The Morgan fingerprint density at radius 2 is 1.88 bits per heavy atom. The quantitative estimate of drug-likeness (QED) is 0.725. The summed E-state index contributed by atoms with van der Waals surface area (Å²) in [5.41, 5.74) is 3.63. The van der Waals surface area contributed by atoms with Crippen molar-refractivity contribution in [1.29, 1.82) is 0 Å². The highest BCUT2D eigenvalue weighted by Gasteiger charge is 2.08. The van der Waals surface area contributed by atoms with Crippen LogP contribution in [0.1, 0.15) is 27.2 Å². The molecule has 0 spiro atoms. The second-order valence-electron chi connectivity index (χ2n) is 5.63. The van der Waals surface area contributed by atoms with Gasteiger partial charge in [0.05, 0.1) is 0 Å². The molecule has 0 aliphatic carbocycles. The van der Waals surface area contributed by atoms with Gasteiger partial charge in [0, 0.05) is 25.5 Å². The van der Waals surface area contributed by atoms with Crippen LogP contribution in [0.4, 0.5) is 5.82 Å². The minimum Gasteiger partial charge on any atom is -0.364 e. The van der Waals surface area contributed by atoms with Gasteiger partial charge in [-0.05, 0) is 41.8 Å². The molecule has 1 amide bonds. The number of hydrogen-bond acceptors (Lipinski definition) is 5. The third-order valence-electron chi connectivity index (χ3n) is 3.79. The molecule has 0 fully saturated rings. The highest BCUT2D eigenvalue weighted by molar-refractivity contribution is 5.92. The Balaban J connectivity index is 1.54. The summed E-state index contributed by atoms with van der Waals surface area (Å²) in [5.74, 6) is 0.369. The van der Waals surface area contributed by atoms with E-state index in [-0.39, 0.29) is 11.6 Å². The first-order chi connectivity index (χ1) is 12.2. The largest absolute Gasteiger partial charge is 0.364 e. The number of carbonyl (C=O) groups is 1. The normalized spacial score (nSPS) is 10.3. The highest BCUT2D eigenvalue weighted by atomic mass is 16.1. The molecule has 2 N–H and O–H groups in total. The van der Waals surface area contributed by atoms with E-state index in [4.69, 9.17) is 0 Å². The molecule has 126 valence electrons. The van der Waals surface area contributed by atoms with Crippen LogP contribution in [0.15, 0.2) is 60.9 Å². The molecule has 2 aromatic heterocycles. The maximum absolute atomic E-state index is 12.1. The van der Waals surface area contributed by atoms with E-state index in [2.05, 4.69) is 44.9 Å². The van der Waals surface area contributed by atoms with Crippen molar-refractivity contribution < 1.29 is 4.79 Å². The zero-order chi connectivity index (χ0) is 17.5. The lowest BCUT2D eigenvalue weighted by Gasteiger charge is -2.08. The molecule has 0 saturated heterocycles. The van der Waals surface area contributed by atoms with E-state index in [1.54, 1.807) is 24.5 Å². The number of pyridine rings is 1. The van der Waals surface area contributed by atoms with Crippen LogP contribution in [-0.2, 0) is 13.1 Å². The van der Waals surface area contributed by atoms with Crippen molar-refractivity contribution in [2.24, 2.45) is 0 Å². The molecule has 2 heterocycles. The second kappa shape index (κ2) is 8.01. The summed E-state index contributed by atoms with van der Waals surface area (Å²) in [5, 5.41) is 14.1. The summed E-state index contributed by atoms with van der Waals surface area (Å²) >= 11 is 0. The first-order valence-electron chi connectivity index (χ1n) is 8.01. The van der Waals surface area contributed by atoms with Crippen LogP contribution < -0.4 is 10.6 Å². The number of carbonyl (C=O) groups excluding carboxylic acids is 1. The molecule has 0 aliphatic rings. The molecule has 3 rings (SSSR count). The number of anilines is 1. The van der Waals surface area contributed by atoms with Gasteiger partial charge in [-0.2, -0.15) is 0 Å². The number of nitrogens with zero attached hydrogens (tertiary/aromatic N) is 3. The summed E-state index contributed by atoms with van der Waals surface area (Å²) in [6.07, 6.45) is 3.41. The molecule has 25 heavy (non-hydrogen) atoms. The summed E-state index contributed by atoms with van der Waals surface area (Å²) in [6.45, 7) is 3.13. The molecule has 0 atom stereocenters. The number of rotatable bonds is 6. The van der Waals surface area contributed by atoms with E-state index in [0.717, 1.165) is 5.56 Å². The van der Waals surface area contributed by atoms with Crippen LogP contribution in [0.3, 0.4) is 0 Å². The molecule has 6 heteroatoms. The molecule has 1 aromatic carbocycles. The molecular weight excluding hydrogens is 314 g/mol. The Labute approximate surface area is 146 Å². The average molecular weight is 333 g/mol. The molecule has 0 saturated carbocycles. The summed E-state index contributed by atoms with van der Waals surface area (Å²) in [6, 6.07) is 15.3. The van der Waals surface area contributed by atoms with Gasteiger partial charge in [-0.3, -0.25) is 9.78 Å². The third-order valence-corrected chi connectivity index (χ3v) is 3.79. The molecule has 0 bridgehead atoms. The molecule has 6 nitrogen and oxygen atoms in total. The molecule has 0 unspecified atom stereocenters. The van der Waals surface area contributed by atoms with Crippen LogP contribution >= 0.6 is 0 Å². The fourth-order valence-electron chi connectivity index (χ4n) is 2.32. The zero-order valence-corrected chi connectivity index (χ0v) is 13.9. The van der Waals surface area contributed by atoms with Crippen LogP contribution in [0.25, 0.3) is 0 Å². The van der Waals surface area contributed by atoms with Crippen LogP contribution in [0.2, 0.25) is 0 Å². The predicted octanol–water partition coefficient (Wildman–Crippen LogP) is 2.72. The number of hydrogen-bond donors (Lipinski definition) is 2. The number of nitrogens with one attached hydrogen (secondary N) is 2. The SMILES string of the molecule is Cc1ccccc1CNc1ccc(C(=O)NCc2cccnc2)nn1. The van der Waals surface area contributed by atoms with Crippen molar-refractivity contribution in [2.75, 3.05) is 5.32 Å². The number of amides is 1. The average Bonchev–Trinajstić information content (AvgIpc) is 2.67. The van der Waals surface area contributed by atoms with Crippen LogP contribution in [0, 0.1) is 6.92 Å². The minimum atomic E-state index is -0.262. The lowest BCUT2D eigenvalue weighted by molar-refractivity contribution is 0.0945. The van der Waals surface area contributed by atoms with Crippen molar-refractivity contribution in [3.8, 4) is 0 Å². The monoisotopic (exact) mass is 333 g/mol. The smallest absolute Gasteiger partial charge is 0.272 e. The van der Waals surface area contributed by atoms with E-state index >= 15 is 0 Å². The van der Waals surface area contributed by atoms with E-state index in [1.165, 1.54) is 11.1 Å².